The number of carbonyl (C=O) groups excluding carboxylic acids is 1. The number of benzene rings is 1. The first-order chi connectivity index (χ1) is 10.3. The molecule has 114 valence electrons. The second-order valence-corrected chi connectivity index (χ2v) is 5.96. The van der Waals surface area contributed by atoms with Gasteiger partial charge in [-0.3, -0.25) is 4.79 Å². The predicted molar refractivity (Wildman–Crippen MR) is 80.8 cm³/mol. The first kappa shape index (κ1) is 14.4. The molecule has 0 aromatic heterocycles. The van der Waals surface area contributed by atoms with Crippen LogP contribution in [-0.4, -0.2) is 31.8 Å². The highest BCUT2D eigenvalue weighted by Gasteiger charge is 2.23. The van der Waals surface area contributed by atoms with Crippen molar-refractivity contribution in [3.05, 3.63) is 29.3 Å². The predicted octanol–water partition coefficient (Wildman–Crippen LogP) is 2.70. The molecule has 1 aliphatic carbocycles. The summed E-state index contributed by atoms with van der Waals surface area (Å²) in [5.41, 5.74) is 1.89. The van der Waals surface area contributed by atoms with Gasteiger partial charge in [-0.2, -0.15) is 0 Å². The molecule has 1 aromatic rings. The number of hydrogen-bond acceptors (Lipinski definition) is 3. The maximum atomic E-state index is 12.4. The molecule has 4 nitrogen and oxygen atoms in total. The molecule has 3 rings (SSSR count). The van der Waals surface area contributed by atoms with Crippen LogP contribution in [-0.2, 0) is 11.2 Å². The molecule has 21 heavy (non-hydrogen) atoms. The lowest BCUT2D eigenvalue weighted by Crippen LogP contribution is -2.39. The second kappa shape index (κ2) is 6.48. The van der Waals surface area contributed by atoms with Gasteiger partial charge < -0.3 is 14.8 Å². The fourth-order valence-electron chi connectivity index (χ4n) is 3.21. The van der Waals surface area contributed by atoms with Crippen LogP contribution in [0.3, 0.4) is 0 Å². The molecule has 0 saturated heterocycles. The van der Waals surface area contributed by atoms with E-state index in [0.29, 0.717) is 6.10 Å². The van der Waals surface area contributed by atoms with E-state index in [-0.39, 0.29) is 11.9 Å². The fourth-order valence-corrected chi connectivity index (χ4v) is 3.21. The molecule has 1 aromatic carbocycles. The number of amides is 1. The quantitative estimate of drug-likeness (QED) is 0.930. The van der Waals surface area contributed by atoms with Crippen molar-refractivity contribution in [3.8, 4) is 5.75 Å². The van der Waals surface area contributed by atoms with E-state index in [0.717, 1.165) is 62.0 Å². The van der Waals surface area contributed by atoms with Crippen molar-refractivity contribution in [2.75, 3.05) is 13.7 Å². The molecule has 1 fully saturated rings. The maximum absolute atomic E-state index is 12.4. The van der Waals surface area contributed by atoms with E-state index in [2.05, 4.69) is 5.32 Å². The van der Waals surface area contributed by atoms with E-state index in [1.54, 1.807) is 7.11 Å². The van der Waals surface area contributed by atoms with E-state index in [9.17, 15) is 4.79 Å². The number of rotatable bonds is 3. The lowest BCUT2D eigenvalue weighted by atomic mass is 9.92. The summed E-state index contributed by atoms with van der Waals surface area (Å²) in [6, 6.07) is 6.03. The van der Waals surface area contributed by atoms with Crippen LogP contribution >= 0.6 is 0 Å². The van der Waals surface area contributed by atoms with Crippen molar-refractivity contribution in [1.82, 2.24) is 5.32 Å². The van der Waals surface area contributed by atoms with Crippen molar-refractivity contribution in [2.45, 2.75) is 50.7 Å². The minimum atomic E-state index is 0.0317. The zero-order valence-electron chi connectivity index (χ0n) is 12.6. The third-order valence-electron chi connectivity index (χ3n) is 4.51. The average Bonchev–Trinajstić information content (AvgIpc) is 2.55. The van der Waals surface area contributed by atoms with E-state index < -0.39 is 0 Å². The minimum absolute atomic E-state index is 0.0317. The van der Waals surface area contributed by atoms with Crippen LogP contribution in [0.15, 0.2) is 18.2 Å². The molecule has 1 heterocycles. The van der Waals surface area contributed by atoms with Gasteiger partial charge in [0.2, 0.25) is 0 Å². The highest BCUT2D eigenvalue weighted by molar-refractivity contribution is 5.94. The number of ether oxygens (including phenoxy) is 2. The lowest BCUT2D eigenvalue weighted by molar-refractivity contribution is 0.0599. The van der Waals surface area contributed by atoms with Crippen LogP contribution < -0.4 is 10.1 Å². The third kappa shape index (κ3) is 3.38. The van der Waals surface area contributed by atoms with Crippen molar-refractivity contribution < 1.29 is 14.3 Å². The zero-order valence-corrected chi connectivity index (χ0v) is 12.6. The van der Waals surface area contributed by atoms with Gasteiger partial charge in [-0.05, 0) is 62.3 Å². The first-order valence-corrected chi connectivity index (χ1v) is 7.85. The average molecular weight is 289 g/mol. The molecule has 0 bridgehead atoms. The lowest BCUT2D eigenvalue weighted by Gasteiger charge is -2.28. The Bertz CT molecular complexity index is 507. The summed E-state index contributed by atoms with van der Waals surface area (Å²) < 4.78 is 11.0. The minimum Gasteiger partial charge on any atom is -0.493 e. The van der Waals surface area contributed by atoms with Crippen LogP contribution in [0.1, 0.15) is 48.0 Å². The van der Waals surface area contributed by atoms with Crippen molar-refractivity contribution >= 4 is 5.91 Å². The van der Waals surface area contributed by atoms with Crippen molar-refractivity contribution in [2.24, 2.45) is 0 Å². The van der Waals surface area contributed by atoms with Gasteiger partial charge in [0.1, 0.15) is 5.75 Å². The summed E-state index contributed by atoms with van der Waals surface area (Å²) >= 11 is 0. The molecular formula is C17H23NO3. The molecule has 1 amide bonds. The molecule has 0 radical (unpaired) electrons. The summed E-state index contributed by atoms with van der Waals surface area (Å²) in [6.07, 6.45) is 6.43. The Hall–Kier alpha value is -1.55. The Morgan fingerprint density at radius 2 is 2.10 bits per heavy atom. The van der Waals surface area contributed by atoms with Gasteiger partial charge in [0, 0.05) is 18.7 Å². The van der Waals surface area contributed by atoms with Crippen LogP contribution in [0.25, 0.3) is 0 Å². The highest BCUT2D eigenvalue weighted by atomic mass is 16.5. The smallest absolute Gasteiger partial charge is 0.251 e. The van der Waals surface area contributed by atoms with Crippen LogP contribution in [0, 0.1) is 0 Å². The Morgan fingerprint density at radius 1 is 1.29 bits per heavy atom. The largest absolute Gasteiger partial charge is 0.493 e. The Morgan fingerprint density at radius 3 is 2.86 bits per heavy atom. The van der Waals surface area contributed by atoms with E-state index in [1.807, 2.05) is 18.2 Å². The molecule has 1 saturated carbocycles. The highest BCUT2D eigenvalue weighted by Crippen LogP contribution is 2.26. The van der Waals surface area contributed by atoms with Gasteiger partial charge in [0.05, 0.1) is 12.7 Å². The third-order valence-corrected chi connectivity index (χ3v) is 4.51. The number of carbonyl (C=O) groups is 1. The monoisotopic (exact) mass is 289 g/mol. The summed E-state index contributed by atoms with van der Waals surface area (Å²) in [6.45, 7) is 0.779. The van der Waals surface area contributed by atoms with Crippen molar-refractivity contribution in [1.29, 1.82) is 0 Å². The molecule has 1 N–H and O–H groups in total. The molecule has 1 aliphatic heterocycles. The molecule has 2 aliphatic rings. The SMILES string of the molecule is COC1CCC(NC(=O)c2ccc3c(c2)CCCO3)CC1. The normalized spacial score (nSPS) is 24.8. The standard InChI is InChI=1S/C17H23NO3/c1-20-15-7-5-14(6-8-15)18-17(19)13-4-9-16-12(11-13)3-2-10-21-16/h4,9,11,14-15H,2-3,5-8,10H2,1H3,(H,18,19). The molecular weight excluding hydrogens is 266 g/mol. The molecule has 0 spiro atoms. The van der Waals surface area contributed by atoms with Gasteiger partial charge in [-0.1, -0.05) is 0 Å². The Kier molecular flexibility index (Phi) is 4.44. The number of nitrogens with one attached hydrogen (secondary N) is 1. The molecule has 0 atom stereocenters. The Balaban J connectivity index is 1.60. The van der Waals surface area contributed by atoms with E-state index in [1.165, 1.54) is 0 Å². The fraction of sp³-hybridized carbons (Fsp3) is 0.588. The summed E-state index contributed by atoms with van der Waals surface area (Å²) in [5, 5.41) is 3.15. The number of aryl methyl sites for hydroxylation is 1. The van der Waals surface area contributed by atoms with Gasteiger partial charge in [0.15, 0.2) is 0 Å². The van der Waals surface area contributed by atoms with E-state index in [4.69, 9.17) is 9.47 Å². The van der Waals surface area contributed by atoms with E-state index >= 15 is 0 Å². The first-order valence-electron chi connectivity index (χ1n) is 7.85. The van der Waals surface area contributed by atoms with Crippen LogP contribution in [0.2, 0.25) is 0 Å². The zero-order chi connectivity index (χ0) is 14.7. The number of methoxy groups -OCH3 is 1. The van der Waals surface area contributed by atoms with Crippen molar-refractivity contribution in [3.63, 3.8) is 0 Å². The van der Waals surface area contributed by atoms with Gasteiger partial charge in [-0.25, -0.2) is 0 Å². The molecule has 4 heteroatoms. The van der Waals surface area contributed by atoms with Crippen LogP contribution in [0.5, 0.6) is 5.75 Å². The topological polar surface area (TPSA) is 47.6 Å². The second-order valence-electron chi connectivity index (χ2n) is 5.96. The van der Waals surface area contributed by atoms with Gasteiger partial charge in [0.25, 0.3) is 5.91 Å². The van der Waals surface area contributed by atoms with Crippen LogP contribution in [0.4, 0.5) is 0 Å². The summed E-state index contributed by atoms with van der Waals surface area (Å²) in [4.78, 5) is 12.4. The van der Waals surface area contributed by atoms with Gasteiger partial charge >= 0.3 is 0 Å². The van der Waals surface area contributed by atoms with Gasteiger partial charge in [-0.15, -0.1) is 0 Å². The number of fused-ring (bicyclic) bond motifs is 1. The maximum Gasteiger partial charge on any atom is 0.251 e. The Labute approximate surface area is 125 Å². The summed E-state index contributed by atoms with van der Waals surface area (Å²) in [7, 11) is 1.76. The molecule has 0 unspecified atom stereocenters. The number of hydrogen-bond donors (Lipinski definition) is 1. The summed E-state index contributed by atoms with van der Waals surface area (Å²) in [5.74, 6) is 0.961.